The zero-order valence-corrected chi connectivity index (χ0v) is 10.6. The first-order valence-corrected chi connectivity index (χ1v) is 6.47. The third-order valence-corrected chi connectivity index (χ3v) is 3.54. The molecule has 0 spiro atoms. The molecule has 2 rings (SSSR count). The molecule has 4 heteroatoms. The van der Waals surface area contributed by atoms with Gasteiger partial charge in [-0.15, -0.1) is 0 Å². The van der Waals surface area contributed by atoms with E-state index in [1.54, 1.807) is 0 Å². The molecule has 3 N–H and O–H groups in total. The highest BCUT2D eigenvalue weighted by molar-refractivity contribution is 5.28. The van der Waals surface area contributed by atoms with Crippen molar-refractivity contribution in [1.82, 2.24) is 9.97 Å². The van der Waals surface area contributed by atoms with E-state index in [4.69, 9.17) is 5.73 Å². The fourth-order valence-corrected chi connectivity index (χ4v) is 2.43. The lowest BCUT2D eigenvalue weighted by molar-refractivity contribution is 0.495. The molecule has 4 nitrogen and oxygen atoms in total. The van der Waals surface area contributed by atoms with E-state index in [0.717, 1.165) is 30.7 Å². The second kappa shape index (κ2) is 5.00. The lowest BCUT2D eigenvalue weighted by Gasteiger charge is -2.19. The van der Waals surface area contributed by atoms with Gasteiger partial charge in [-0.25, -0.2) is 4.79 Å². The number of hydrogen-bond donors (Lipinski definition) is 2. The number of fused-ring (bicyclic) bond motifs is 1. The van der Waals surface area contributed by atoms with E-state index >= 15 is 0 Å². The third-order valence-electron chi connectivity index (χ3n) is 3.54. The number of nitrogens with two attached hydrogens (primary N) is 1. The molecule has 0 saturated heterocycles. The molecule has 1 unspecified atom stereocenters. The Bertz CT molecular complexity index is 450. The number of aromatic nitrogens is 2. The van der Waals surface area contributed by atoms with Crippen molar-refractivity contribution >= 4 is 0 Å². The number of aromatic amines is 1. The van der Waals surface area contributed by atoms with Gasteiger partial charge < -0.3 is 10.7 Å². The maximum absolute atomic E-state index is 11.6. The number of H-pyrrole nitrogens is 1. The number of rotatable bonds is 2. The number of nitrogens with one attached hydrogen (secondary N) is 1. The molecule has 1 aliphatic carbocycles. The molecule has 1 aromatic heterocycles. The topological polar surface area (TPSA) is 71.8 Å². The molecular formula is C13H21N3O. The van der Waals surface area contributed by atoms with Gasteiger partial charge in [-0.1, -0.05) is 20.3 Å². The first-order chi connectivity index (χ1) is 8.09. The van der Waals surface area contributed by atoms with Crippen molar-refractivity contribution in [1.29, 1.82) is 0 Å². The van der Waals surface area contributed by atoms with Crippen LogP contribution in [0.2, 0.25) is 0 Å². The first-order valence-electron chi connectivity index (χ1n) is 6.47. The van der Waals surface area contributed by atoms with Gasteiger partial charge in [0, 0.05) is 11.7 Å². The summed E-state index contributed by atoms with van der Waals surface area (Å²) in [5, 5.41) is 0. The molecule has 0 bridgehead atoms. The number of nitrogens with zero attached hydrogens (tertiary/aromatic N) is 1. The minimum atomic E-state index is -0.253. The van der Waals surface area contributed by atoms with Crippen LogP contribution in [-0.2, 0) is 12.8 Å². The van der Waals surface area contributed by atoms with Crippen molar-refractivity contribution in [2.75, 3.05) is 0 Å². The van der Waals surface area contributed by atoms with Crippen LogP contribution in [0.1, 0.15) is 56.1 Å². The van der Waals surface area contributed by atoms with Crippen molar-refractivity contribution < 1.29 is 0 Å². The Morgan fingerprint density at radius 1 is 1.24 bits per heavy atom. The van der Waals surface area contributed by atoms with Gasteiger partial charge in [0.2, 0.25) is 0 Å². The summed E-state index contributed by atoms with van der Waals surface area (Å²) in [7, 11) is 0. The van der Waals surface area contributed by atoms with Crippen LogP contribution in [0.25, 0.3) is 0 Å². The summed E-state index contributed by atoms with van der Waals surface area (Å²) in [6.07, 6.45) is 5.47. The summed E-state index contributed by atoms with van der Waals surface area (Å²) in [6, 6.07) is -0.135. The maximum Gasteiger partial charge on any atom is 0.345 e. The summed E-state index contributed by atoms with van der Waals surface area (Å²) < 4.78 is 0. The maximum atomic E-state index is 11.6. The Kier molecular flexibility index (Phi) is 3.62. The Morgan fingerprint density at radius 3 is 2.65 bits per heavy atom. The molecule has 0 amide bonds. The van der Waals surface area contributed by atoms with Crippen molar-refractivity contribution in [3.05, 3.63) is 27.4 Å². The molecule has 94 valence electrons. The van der Waals surface area contributed by atoms with Crippen molar-refractivity contribution in [2.24, 2.45) is 11.7 Å². The summed E-state index contributed by atoms with van der Waals surface area (Å²) in [6.45, 7) is 4.13. The van der Waals surface area contributed by atoms with Crippen LogP contribution in [0, 0.1) is 5.92 Å². The van der Waals surface area contributed by atoms with Crippen molar-refractivity contribution in [2.45, 2.75) is 52.0 Å². The fraction of sp³-hybridized carbons (Fsp3) is 0.692. The van der Waals surface area contributed by atoms with E-state index in [1.165, 1.54) is 18.4 Å². The quantitative estimate of drug-likeness (QED) is 0.766. The fourth-order valence-electron chi connectivity index (χ4n) is 2.43. The second-order valence-electron chi connectivity index (χ2n) is 5.21. The largest absolute Gasteiger partial charge is 0.345 e. The molecule has 1 aliphatic rings. The molecule has 0 aliphatic heterocycles. The third kappa shape index (κ3) is 2.57. The van der Waals surface area contributed by atoms with E-state index in [1.807, 2.05) is 0 Å². The van der Waals surface area contributed by atoms with Crippen LogP contribution in [0.5, 0.6) is 0 Å². The molecule has 0 aromatic carbocycles. The molecule has 0 saturated carbocycles. The SMILES string of the molecule is CC(C)C(N)c1nc(=O)[nH]c2c1CCCCC2. The molecule has 1 heterocycles. The summed E-state index contributed by atoms with van der Waals surface area (Å²) in [5.74, 6) is 0.302. The lowest BCUT2D eigenvalue weighted by Crippen LogP contribution is -2.26. The van der Waals surface area contributed by atoms with Crippen LogP contribution in [-0.4, -0.2) is 9.97 Å². The van der Waals surface area contributed by atoms with Crippen LogP contribution < -0.4 is 11.4 Å². The molecule has 0 radical (unpaired) electrons. The van der Waals surface area contributed by atoms with E-state index in [-0.39, 0.29) is 11.7 Å². The van der Waals surface area contributed by atoms with Crippen LogP contribution in [0.3, 0.4) is 0 Å². The molecule has 1 atom stereocenters. The van der Waals surface area contributed by atoms with Crippen molar-refractivity contribution in [3.63, 3.8) is 0 Å². The lowest BCUT2D eigenvalue weighted by atomic mass is 9.95. The Balaban J connectivity index is 2.50. The predicted molar refractivity (Wildman–Crippen MR) is 67.9 cm³/mol. The Morgan fingerprint density at radius 2 is 1.94 bits per heavy atom. The van der Waals surface area contributed by atoms with Gasteiger partial charge in [-0.3, -0.25) is 0 Å². The van der Waals surface area contributed by atoms with Gasteiger partial charge in [0.25, 0.3) is 0 Å². The van der Waals surface area contributed by atoms with E-state index in [2.05, 4.69) is 23.8 Å². The average molecular weight is 235 g/mol. The predicted octanol–water partition coefficient (Wildman–Crippen LogP) is 1.69. The molecule has 1 aromatic rings. The van der Waals surface area contributed by atoms with E-state index in [9.17, 15) is 4.79 Å². The number of hydrogen-bond acceptors (Lipinski definition) is 3. The number of aryl methyl sites for hydroxylation is 1. The van der Waals surface area contributed by atoms with Gasteiger partial charge in [0.1, 0.15) is 0 Å². The highest BCUT2D eigenvalue weighted by Gasteiger charge is 2.21. The minimum Gasteiger partial charge on any atom is -0.322 e. The highest BCUT2D eigenvalue weighted by Crippen LogP contribution is 2.25. The minimum absolute atomic E-state index is 0.135. The highest BCUT2D eigenvalue weighted by atomic mass is 16.1. The smallest absolute Gasteiger partial charge is 0.322 e. The van der Waals surface area contributed by atoms with Crippen LogP contribution >= 0.6 is 0 Å². The van der Waals surface area contributed by atoms with Gasteiger partial charge >= 0.3 is 5.69 Å². The first kappa shape index (κ1) is 12.3. The standard InChI is InChI=1S/C13H21N3O/c1-8(2)11(14)12-9-6-4-3-5-7-10(9)15-13(17)16-12/h8,11H,3-7,14H2,1-2H3,(H,15,16,17). The Labute approximate surface area is 102 Å². The average Bonchev–Trinajstić information content (AvgIpc) is 2.51. The van der Waals surface area contributed by atoms with Crippen LogP contribution in [0.15, 0.2) is 4.79 Å². The monoisotopic (exact) mass is 235 g/mol. The van der Waals surface area contributed by atoms with Crippen LogP contribution in [0.4, 0.5) is 0 Å². The van der Waals surface area contributed by atoms with Gasteiger partial charge in [-0.2, -0.15) is 4.98 Å². The van der Waals surface area contributed by atoms with Crippen molar-refractivity contribution in [3.8, 4) is 0 Å². The summed E-state index contributed by atoms with van der Waals surface area (Å²) >= 11 is 0. The molecule has 0 fully saturated rings. The van der Waals surface area contributed by atoms with Gasteiger partial charge in [-0.05, 0) is 37.2 Å². The van der Waals surface area contributed by atoms with E-state index < -0.39 is 0 Å². The van der Waals surface area contributed by atoms with E-state index in [0.29, 0.717) is 5.92 Å². The summed E-state index contributed by atoms with van der Waals surface area (Å²) in [4.78, 5) is 18.6. The summed E-state index contributed by atoms with van der Waals surface area (Å²) in [5.41, 5.74) is 8.99. The molecular weight excluding hydrogens is 214 g/mol. The van der Waals surface area contributed by atoms with Gasteiger partial charge in [0.15, 0.2) is 0 Å². The van der Waals surface area contributed by atoms with Gasteiger partial charge in [0.05, 0.1) is 5.69 Å². The molecule has 17 heavy (non-hydrogen) atoms. The normalized spacial score (nSPS) is 17.6. The zero-order valence-electron chi connectivity index (χ0n) is 10.6. The second-order valence-corrected chi connectivity index (χ2v) is 5.21. The Hall–Kier alpha value is -1.16. The zero-order chi connectivity index (χ0) is 12.4.